The highest BCUT2D eigenvalue weighted by Crippen LogP contribution is 2.33. The van der Waals surface area contributed by atoms with E-state index < -0.39 is 4.92 Å². The summed E-state index contributed by atoms with van der Waals surface area (Å²) in [5.41, 5.74) is 6.06. The molecule has 1 rings (SSSR count). The third-order valence-electron chi connectivity index (χ3n) is 2.32. The fourth-order valence-electron chi connectivity index (χ4n) is 1.57. The number of para-hydroxylation sites is 1. The highest BCUT2D eigenvalue weighted by Gasteiger charge is 2.21. The number of aliphatic hydroxyl groups is 1. The Hall–Kier alpha value is -1.82. The molecular weight excluding hydrogens is 210 g/mol. The van der Waals surface area contributed by atoms with Crippen LogP contribution >= 0.6 is 0 Å². The van der Waals surface area contributed by atoms with Crippen LogP contribution in [0.1, 0.15) is 6.92 Å². The van der Waals surface area contributed by atoms with Gasteiger partial charge in [0.1, 0.15) is 11.4 Å². The minimum atomic E-state index is -0.495. The summed E-state index contributed by atoms with van der Waals surface area (Å²) < 4.78 is 0. The highest BCUT2D eigenvalue weighted by molar-refractivity contribution is 5.75. The molecule has 0 amide bonds. The van der Waals surface area contributed by atoms with Crippen molar-refractivity contribution in [3.63, 3.8) is 0 Å². The molecule has 88 valence electrons. The first-order chi connectivity index (χ1) is 7.61. The van der Waals surface area contributed by atoms with Crippen molar-refractivity contribution < 1.29 is 10.0 Å². The van der Waals surface area contributed by atoms with E-state index in [9.17, 15) is 10.1 Å². The van der Waals surface area contributed by atoms with E-state index in [-0.39, 0.29) is 18.0 Å². The van der Waals surface area contributed by atoms with E-state index in [2.05, 4.69) is 0 Å². The number of nitro benzene ring substituents is 1. The number of nitrogen functional groups attached to an aromatic ring is 1. The van der Waals surface area contributed by atoms with Crippen molar-refractivity contribution in [1.29, 1.82) is 0 Å². The minimum Gasteiger partial charge on any atom is -0.395 e. The maximum Gasteiger partial charge on any atom is 0.315 e. The van der Waals surface area contributed by atoms with Gasteiger partial charge < -0.3 is 15.7 Å². The maximum absolute atomic E-state index is 10.9. The summed E-state index contributed by atoms with van der Waals surface area (Å²) in [6.45, 7) is 2.73. The van der Waals surface area contributed by atoms with E-state index in [0.717, 1.165) is 0 Å². The number of nitrogens with two attached hydrogens (primary N) is 1. The molecule has 0 saturated heterocycles. The van der Waals surface area contributed by atoms with Gasteiger partial charge in [-0.2, -0.15) is 0 Å². The Balaban J connectivity index is 3.20. The monoisotopic (exact) mass is 225 g/mol. The molecule has 0 spiro atoms. The molecule has 0 fully saturated rings. The molecule has 1 aromatic rings. The summed E-state index contributed by atoms with van der Waals surface area (Å²) in [6, 6.07) is 4.79. The van der Waals surface area contributed by atoms with Crippen molar-refractivity contribution >= 4 is 17.1 Å². The van der Waals surface area contributed by atoms with Crippen LogP contribution in [0.5, 0.6) is 0 Å². The number of likely N-dealkylation sites (N-methyl/N-ethyl adjacent to an activating group) is 1. The fraction of sp³-hybridized carbons (Fsp3) is 0.400. The Labute approximate surface area is 93.4 Å². The molecule has 1 aromatic carbocycles. The molecular formula is C10H15N3O3. The van der Waals surface area contributed by atoms with Crippen molar-refractivity contribution in [2.75, 3.05) is 30.3 Å². The lowest BCUT2D eigenvalue weighted by atomic mass is 10.2. The van der Waals surface area contributed by atoms with Crippen molar-refractivity contribution in [2.24, 2.45) is 0 Å². The van der Waals surface area contributed by atoms with Crippen LogP contribution in [-0.4, -0.2) is 29.7 Å². The lowest BCUT2D eigenvalue weighted by molar-refractivity contribution is -0.383. The quantitative estimate of drug-likeness (QED) is 0.443. The Bertz CT molecular complexity index is 382. The SMILES string of the molecule is CCN(CCO)c1cccc(N)c1[N+](=O)[O-]. The molecule has 0 aliphatic rings. The summed E-state index contributed by atoms with van der Waals surface area (Å²) in [7, 11) is 0. The Morgan fingerprint density at radius 2 is 2.25 bits per heavy atom. The third-order valence-corrected chi connectivity index (χ3v) is 2.32. The molecule has 0 heterocycles. The van der Waals surface area contributed by atoms with Crippen LogP contribution in [0.15, 0.2) is 18.2 Å². The first-order valence-electron chi connectivity index (χ1n) is 5.00. The number of anilines is 2. The Morgan fingerprint density at radius 1 is 1.56 bits per heavy atom. The summed E-state index contributed by atoms with van der Waals surface area (Å²) in [5, 5.41) is 19.8. The average Bonchev–Trinajstić information content (AvgIpc) is 2.25. The van der Waals surface area contributed by atoms with E-state index in [4.69, 9.17) is 10.8 Å². The summed E-state index contributed by atoms with van der Waals surface area (Å²) in [4.78, 5) is 12.1. The number of hydrogen-bond acceptors (Lipinski definition) is 5. The molecule has 0 aliphatic carbocycles. The molecule has 0 aromatic heterocycles. The Morgan fingerprint density at radius 3 is 2.75 bits per heavy atom. The van der Waals surface area contributed by atoms with Crippen molar-refractivity contribution in [3.05, 3.63) is 28.3 Å². The zero-order valence-electron chi connectivity index (χ0n) is 9.09. The molecule has 3 N–H and O–H groups in total. The maximum atomic E-state index is 10.9. The predicted octanol–water partition coefficient (Wildman–Crippen LogP) is 0.996. The van der Waals surface area contributed by atoms with Gasteiger partial charge in [-0.1, -0.05) is 6.07 Å². The van der Waals surface area contributed by atoms with E-state index in [1.165, 1.54) is 6.07 Å². The van der Waals surface area contributed by atoms with Gasteiger partial charge in [-0.25, -0.2) is 0 Å². The lowest BCUT2D eigenvalue weighted by Gasteiger charge is -2.21. The van der Waals surface area contributed by atoms with Gasteiger partial charge in [0.15, 0.2) is 0 Å². The average molecular weight is 225 g/mol. The minimum absolute atomic E-state index is 0.0558. The molecule has 0 unspecified atom stereocenters. The summed E-state index contributed by atoms with van der Waals surface area (Å²) in [6.07, 6.45) is 0. The van der Waals surface area contributed by atoms with Crippen molar-refractivity contribution in [3.8, 4) is 0 Å². The number of hydrogen-bond donors (Lipinski definition) is 2. The zero-order valence-corrected chi connectivity index (χ0v) is 9.09. The second-order valence-electron chi connectivity index (χ2n) is 3.28. The van der Waals surface area contributed by atoms with Gasteiger partial charge in [0.2, 0.25) is 0 Å². The van der Waals surface area contributed by atoms with Crippen LogP contribution < -0.4 is 10.6 Å². The van der Waals surface area contributed by atoms with E-state index >= 15 is 0 Å². The van der Waals surface area contributed by atoms with Gasteiger partial charge in [-0.05, 0) is 19.1 Å². The standard InChI is InChI=1S/C10H15N3O3/c1-2-12(6-7-14)9-5-3-4-8(11)10(9)13(15)16/h3-5,14H,2,6-7,11H2,1H3. The van der Waals surface area contributed by atoms with E-state index in [1.54, 1.807) is 17.0 Å². The van der Waals surface area contributed by atoms with Gasteiger partial charge in [-0.15, -0.1) is 0 Å². The van der Waals surface area contributed by atoms with Crippen molar-refractivity contribution in [1.82, 2.24) is 0 Å². The molecule has 0 bridgehead atoms. The van der Waals surface area contributed by atoms with Crippen LogP contribution in [0.2, 0.25) is 0 Å². The number of nitro groups is 1. The molecule has 0 radical (unpaired) electrons. The van der Waals surface area contributed by atoms with Crippen LogP contribution in [0.25, 0.3) is 0 Å². The lowest BCUT2D eigenvalue weighted by Crippen LogP contribution is -2.27. The first kappa shape index (κ1) is 12.3. The van der Waals surface area contributed by atoms with Gasteiger partial charge in [0.05, 0.1) is 11.5 Å². The largest absolute Gasteiger partial charge is 0.395 e. The predicted molar refractivity (Wildman–Crippen MR) is 62.5 cm³/mol. The number of nitrogens with zero attached hydrogens (tertiary/aromatic N) is 2. The number of benzene rings is 1. The Kier molecular flexibility index (Phi) is 4.07. The highest BCUT2D eigenvalue weighted by atomic mass is 16.6. The fourth-order valence-corrected chi connectivity index (χ4v) is 1.57. The second-order valence-corrected chi connectivity index (χ2v) is 3.28. The topological polar surface area (TPSA) is 92.6 Å². The first-order valence-corrected chi connectivity index (χ1v) is 5.00. The number of aliphatic hydroxyl groups excluding tert-OH is 1. The van der Waals surface area contributed by atoms with E-state index in [0.29, 0.717) is 18.8 Å². The van der Waals surface area contributed by atoms with Gasteiger partial charge in [0, 0.05) is 13.1 Å². The molecule has 0 saturated carbocycles. The normalized spacial score (nSPS) is 10.1. The van der Waals surface area contributed by atoms with Gasteiger partial charge in [0.25, 0.3) is 0 Å². The summed E-state index contributed by atoms with van der Waals surface area (Å²) >= 11 is 0. The molecule has 0 atom stereocenters. The van der Waals surface area contributed by atoms with Crippen LogP contribution in [0.4, 0.5) is 17.1 Å². The van der Waals surface area contributed by atoms with Crippen LogP contribution in [0.3, 0.4) is 0 Å². The molecule has 0 aliphatic heterocycles. The third kappa shape index (κ3) is 2.40. The molecule has 6 nitrogen and oxygen atoms in total. The van der Waals surface area contributed by atoms with Crippen molar-refractivity contribution in [2.45, 2.75) is 6.92 Å². The summed E-state index contributed by atoms with van der Waals surface area (Å²) in [5.74, 6) is 0. The zero-order chi connectivity index (χ0) is 12.1. The van der Waals surface area contributed by atoms with Crippen LogP contribution in [-0.2, 0) is 0 Å². The smallest absolute Gasteiger partial charge is 0.315 e. The van der Waals surface area contributed by atoms with Gasteiger partial charge >= 0.3 is 5.69 Å². The second kappa shape index (κ2) is 5.32. The number of rotatable bonds is 5. The molecule has 16 heavy (non-hydrogen) atoms. The molecule has 6 heteroatoms. The van der Waals surface area contributed by atoms with Crippen LogP contribution in [0, 0.1) is 10.1 Å². The van der Waals surface area contributed by atoms with Gasteiger partial charge in [-0.3, -0.25) is 10.1 Å². The van der Waals surface area contributed by atoms with E-state index in [1.807, 2.05) is 6.92 Å².